The molecule has 4 rings (SSSR count). The second-order valence-corrected chi connectivity index (χ2v) is 10.5. The van der Waals surface area contributed by atoms with E-state index in [1.165, 1.54) is 16.4 Å². The summed E-state index contributed by atoms with van der Waals surface area (Å²) in [7, 11) is -3.61. The molecule has 0 radical (unpaired) electrons. The van der Waals surface area contributed by atoms with Crippen molar-refractivity contribution in [1.29, 1.82) is 0 Å². The lowest BCUT2D eigenvalue weighted by molar-refractivity contribution is -0.118. The monoisotopic (exact) mass is 448 g/mol. The summed E-state index contributed by atoms with van der Waals surface area (Å²) in [6, 6.07) is 13.7. The fourth-order valence-electron chi connectivity index (χ4n) is 3.99. The molecule has 1 amide bonds. The Morgan fingerprint density at radius 3 is 2.30 bits per heavy atom. The third-order valence-electron chi connectivity index (χ3n) is 5.70. The summed E-state index contributed by atoms with van der Waals surface area (Å²) in [6.07, 6.45) is 1.23. The number of anilines is 1. The average Bonchev–Trinajstić information content (AvgIpc) is 3.50. The highest BCUT2D eigenvalue weighted by Gasteiger charge is 2.51. The zero-order valence-electron chi connectivity index (χ0n) is 17.0. The van der Waals surface area contributed by atoms with Crippen molar-refractivity contribution in [3.05, 3.63) is 59.1 Å². The van der Waals surface area contributed by atoms with Crippen molar-refractivity contribution in [3.63, 3.8) is 0 Å². The number of halogens is 1. The molecule has 2 fully saturated rings. The average molecular weight is 449 g/mol. The number of nitrogens with zero attached hydrogens (tertiary/aromatic N) is 1. The number of hydrogen-bond acceptors (Lipinski definition) is 4. The molecule has 1 N–H and O–H groups in total. The third kappa shape index (κ3) is 4.12. The topological polar surface area (TPSA) is 75.7 Å². The van der Waals surface area contributed by atoms with Gasteiger partial charge in [0.15, 0.2) is 0 Å². The Balaban J connectivity index is 1.48. The lowest BCUT2D eigenvalue weighted by Crippen LogP contribution is -2.48. The molecule has 8 heteroatoms. The summed E-state index contributed by atoms with van der Waals surface area (Å²) in [5.41, 5.74) is 0.911. The van der Waals surface area contributed by atoms with Gasteiger partial charge in [-0.2, -0.15) is 4.31 Å². The van der Waals surface area contributed by atoms with Gasteiger partial charge in [-0.05, 0) is 68.7 Å². The van der Waals surface area contributed by atoms with Gasteiger partial charge in [0.25, 0.3) is 0 Å². The maximum atomic E-state index is 13.0. The largest absolute Gasteiger partial charge is 0.373 e. The summed E-state index contributed by atoms with van der Waals surface area (Å²) in [6.45, 7) is 4.38. The van der Waals surface area contributed by atoms with Gasteiger partial charge < -0.3 is 10.1 Å². The lowest BCUT2D eigenvalue weighted by Gasteiger charge is -2.34. The van der Waals surface area contributed by atoms with E-state index >= 15 is 0 Å². The number of amides is 1. The number of carbonyl (C=O) groups excluding carboxylic acids is 1. The molecule has 0 aromatic heterocycles. The van der Waals surface area contributed by atoms with Gasteiger partial charge in [0, 0.05) is 23.8 Å². The van der Waals surface area contributed by atoms with Crippen LogP contribution in [0.15, 0.2) is 53.4 Å². The number of carbonyl (C=O) groups is 1. The van der Waals surface area contributed by atoms with Gasteiger partial charge in [-0.3, -0.25) is 4.79 Å². The summed E-state index contributed by atoms with van der Waals surface area (Å²) >= 11 is 6.09. The number of hydrogen-bond donors (Lipinski definition) is 1. The van der Waals surface area contributed by atoms with Crippen molar-refractivity contribution in [2.45, 2.75) is 49.2 Å². The van der Waals surface area contributed by atoms with Gasteiger partial charge in [0.05, 0.1) is 22.5 Å². The van der Waals surface area contributed by atoms with Crippen LogP contribution in [0.4, 0.5) is 5.69 Å². The maximum Gasteiger partial charge on any atom is 0.243 e. The molecule has 0 bridgehead atoms. The molecule has 1 heterocycles. The molecule has 160 valence electrons. The first-order valence-corrected chi connectivity index (χ1v) is 11.9. The van der Waals surface area contributed by atoms with E-state index in [1.54, 1.807) is 18.2 Å². The first-order valence-electron chi connectivity index (χ1n) is 10.0. The fourth-order valence-corrected chi connectivity index (χ4v) is 5.78. The van der Waals surface area contributed by atoms with Crippen LogP contribution in [-0.2, 0) is 25.0 Å². The van der Waals surface area contributed by atoms with Crippen LogP contribution in [0, 0.1) is 0 Å². The second kappa shape index (κ2) is 7.96. The van der Waals surface area contributed by atoms with Crippen LogP contribution in [-0.4, -0.2) is 43.9 Å². The molecule has 2 unspecified atom stereocenters. The van der Waals surface area contributed by atoms with E-state index in [0.717, 1.165) is 18.4 Å². The number of sulfonamides is 1. The molecule has 2 atom stereocenters. The lowest BCUT2D eigenvalue weighted by atomic mass is 9.95. The standard InChI is InChI=1S/C22H25ClN2O4S/c1-15-13-25(14-16(2)29-15)30(27,28)20-8-6-19(7-9-20)24-21(26)22(10-11-22)17-4-3-5-18(23)12-17/h3-9,12,15-16H,10-11,13-14H2,1-2H3,(H,24,26). The molecule has 1 saturated carbocycles. The molecule has 1 aliphatic carbocycles. The van der Waals surface area contributed by atoms with Crippen LogP contribution in [0.3, 0.4) is 0 Å². The van der Waals surface area contributed by atoms with Crippen LogP contribution in [0.2, 0.25) is 5.02 Å². The van der Waals surface area contributed by atoms with Gasteiger partial charge in [-0.15, -0.1) is 0 Å². The predicted molar refractivity (Wildman–Crippen MR) is 116 cm³/mol. The van der Waals surface area contributed by atoms with Crippen molar-refractivity contribution >= 4 is 33.2 Å². The van der Waals surface area contributed by atoms with Crippen LogP contribution in [0.1, 0.15) is 32.3 Å². The Labute approximate surface area is 182 Å². The fraction of sp³-hybridized carbons (Fsp3) is 0.409. The normalized spacial score (nSPS) is 23.7. The van der Waals surface area contributed by atoms with Crippen LogP contribution < -0.4 is 5.32 Å². The number of benzene rings is 2. The van der Waals surface area contributed by atoms with Gasteiger partial charge in [0.1, 0.15) is 0 Å². The molecule has 1 saturated heterocycles. The molecule has 2 aromatic carbocycles. The molecular weight excluding hydrogens is 424 g/mol. The van der Waals surface area contributed by atoms with Crippen LogP contribution in [0.5, 0.6) is 0 Å². The summed E-state index contributed by atoms with van der Waals surface area (Å²) in [4.78, 5) is 13.1. The van der Waals surface area contributed by atoms with E-state index in [4.69, 9.17) is 16.3 Å². The summed E-state index contributed by atoms with van der Waals surface area (Å²) in [5.74, 6) is -0.101. The number of morpholine rings is 1. The van der Waals surface area contributed by atoms with E-state index in [-0.39, 0.29) is 23.0 Å². The SMILES string of the molecule is CC1CN(S(=O)(=O)c2ccc(NC(=O)C3(c4cccc(Cl)c4)CC3)cc2)CC(C)O1. The van der Waals surface area contributed by atoms with Crippen molar-refractivity contribution in [2.75, 3.05) is 18.4 Å². The first kappa shape index (κ1) is 21.3. The zero-order chi connectivity index (χ0) is 21.5. The van der Waals surface area contributed by atoms with E-state index in [0.29, 0.717) is 23.8 Å². The molecule has 6 nitrogen and oxygen atoms in total. The van der Waals surface area contributed by atoms with Crippen LogP contribution in [0.25, 0.3) is 0 Å². The van der Waals surface area contributed by atoms with E-state index in [9.17, 15) is 13.2 Å². The number of nitrogens with one attached hydrogen (secondary N) is 1. The third-order valence-corrected chi connectivity index (χ3v) is 7.78. The van der Waals surface area contributed by atoms with Crippen molar-refractivity contribution in [3.8, 4) is 0 Å². The summed E-state index contributed by atoms with van der Waals surface area (Å²) in [5, 5.41) is 3.53. The number of ether oxygens (including phenoxy) is 1. The van der Waals surface area contributed by atoms with Crippen LogP contribution >= 0.6 is 11.6 Å². The van der Waals surface area contributed by atoms with E-state index < -0.39 is 15.4 Å². The van der Waals surface area contributed by atoms with Gasteiger partial charge >= 0.3 is 0 Å². The van der Waals surface area contributed by atoms with Gasteiger partial charge in [-0.1, -0.05) is 23.7 Å². The van der Waals surface area contributed by atoms with Crippen molar-refractivity contribution in [2.24, 2.45) is 0 Å². The Hall–Kier alpha value is -1.93. The minimum absolute atomic E-state index is 0.101. The molecular formula is C22H25ClN2O4S. The van der Waals surface area contributed by atoms with Gasteiger partial charge in [-0.25, -0.2) is 8.42 Å². The minimum Gasteiger partial charge on any atom is -0.373 e. The second-order valence-electron chi connectivity index (χ2n) is 8.15. The highest BCUT2D eigenvalue weighted by atomic mass is 35.5. The molecule has 0 spiro atoms. The quantitative estimate of drug-likeness (QED) is 0.754. The number of rotatable bonds is 5. The minimum atomic E-state index is -3.61. The molecule has 1 aliphatic heterocycles. The molecule has 2 aromatic rings. The van der Waals surface area contributed by atoms with Crippen molar-refractivity contribution in [1.82, 2.24) is 4.31 Å². The Morgan fingerprint density at radius 1 is 1.10 bits per heavy atom. The zero-order valence-corrected chi connectivity index (χ0v) is 18.5. The molecule has 30 heavy (non-hydrogen) atoms. The highest BCUT2D eigenvalue weighted by molar-refractivity contribution is 7.89. The first-order chi connectivity index (χ1) is 14.2. The Morgan fingerprint density at radius 2 is 1.73 bits per heavy atom. The predicted octanol–water partition coefficient (Wildman–Crippen LogP) is 3.81. The van der Waals surface area contributed by atoms with Crippen molar-refractivity contribution < 1.29 is 17.9 Å². The van der Waals surface area contributed by atoms with E-state index in [1.807, 2.05) is 32.0 Å². The van der Waals surface area contributed by atoms with Gasteiger partial charge in [0.2, 0.25) is 15.9 Å². The Bertz CT molecular complexity index is 1040. The Kier molecular flexibility index (Phi) is 5.66. The maximum absolute atomic E-state index is 13.0. The molecule has 2 aliphatic rings. The smallest absolute Gasteiger partial charge is 0.243 e. The van der Waals surface area contributed by atoms with E-state index in [2.05, 4.69) is 5.32 Å². The highest BCUT2D eigenvalue weighted by Crippen LogP contribution is 2.49. The summed E-state index contributed by atoms with van der Waals surface area (Å²) < 4.78 is 33.0.